The van der Waals surface area contributed by atoms with Crippen LogP contribution in [-0.2, 0) is 0 Å². The van der Waals surface area contributed by atoms with E-state index >= 15 is 0 Å². The number of aromatic nitrogens is 2. The molecule has 7 heteroatoms. The zero-order valence-electron chi connectivity index (χ0n) is 7.91. The van der Waals surface area contributed by atoms with Crippen LogP contribution in [0.15, 0.2) is 10.7 Å². The van der Waals surface area contributed by atoms with Gasteiger partial charge in [0.1, 0.15) is 22.3 Å². The van der Waals surface area contributed by atoms with Gasteiger partial charge in [-0.2, -0.15) is 0 Å². The molecule has 15 heavy (non-hydrogen) atoms. The molecule has 84 valence electrons. The summed E-state index contributed by atoms with van der Waals surface area (Å²) in [7, 11) is 0. The second-order valence-electron chi connectivity index (χ2n) is 2.91. The first-order chi connectivity index (χ1) is 6.99. The molecule has 0 aromatic carbocycles. The highest BCUT2D eigenvalue weighted by atomic mass is 79.9. The maximum Gasteiger partial charge on any atom is 0.265 e. The Morgan fingerprint density at radius 2 is 2.20 bits per heavy atom. The fourth-order valence-corrected chi connectivity index (χ4v) is 1.39. The number of anilines is 1. The molecular weight excluding hydrogens is 272 g/mol. The zero-order chi connectivity index (χ0) is 11.4. The fourth-order valence-electron chi connectivity index (χ4n) is 0.920. The number of hydrogen-bond donors (Lipinski definition) is 2. The molecular formula is C8H10BrF2N3O. The highest BCUT2D eigenvalue weighted by Crippen LogP contribution is 2.12. The van der Waals surface area contributed by atoms with E-state index in [0.717, 1.165) is 0 Å². The van der Waals surface area contributed by atoms with Gasteiger partial charge in [0.2, 0.25) is 0 Å². The molecule has 0 spiro atoms. The second kappa shape index (κ2) is 5.32. The first-order valence-corrected chi connectivity index (χ1v) is 4.99. The molecule has 1 aromatic heterocycles. The van der Waals surface area contributed by atoms with Crippen molar-refractivity contribution in [3.8, 4) is 0 Å². The molecule has 0 aliphatic heterocycles. The highest BCUT2D eigenvalue weighted by Gasteiger charge is 2.16. The predicted octanol–water partition coefficient (Wildman–Crippen LogP) is 1.59. The Balaban J connectivity index is 2.57. The molecule has 0 amide bonds. The molecule has 0 fully saturated rings. The summed E-state index contributed by atoms with van der Waals surface area (Å²) < 4.78 is 24.5. The van der Waals surface area contributed by atoms with Crippen LogP contribution in [0, 0.1) is 6.92 Å². The van der Waals surface area contributed by atoms with Gasteiger partial charge in [-0.05, 0) is 22.9 Å². The standard InChI is InChI=1S/C8H10BrF2N3O/c1-4-13-6(9)2-7(14-4)12-3-5(15)8(10)11/h2,5,8,15H,3H2,1H3,(H,12,13,14). The van der Waals surface area contributed by atoms with E-state index in [1.807, 2.05) is 0 Å². The van der Waals surface area contributed by atoms with E-state index in [2.05, 4.69) is 31.2 Å². The molecule has 0 radical (unpaired) electrons. The van der Waals surface area contributed by atoms with Crippen LogP contribution in [0.5, 0.6) is 0 Å². The Labute approximate surface area is 93.9 Å². The largest absolute Gasteiger partial charge is 0.385 e. The van der Waals surface area contributed by atoms with Crippen LogP contribution in [0.25, 0.3) is 0 Å². The van der Waals surface area contributed by atoms with Crippen molar-refractivity contribution in [2.45, 2.75) is 19.5 Å². The average molecular weight is 282 g/mol. The van der Waals surface area contributed by atoms with Gasteiger partial charge in [0.15, 0.2) is 0 Å². The lowest BCUT2D eigenvalue weighted by Gasteiger charge is -2.11. The highest BCUT2D eigenvalue weighted by molar-refractivity contribution is 9.10. The number of halogens is 3. The predicted molar refractivity (Wildman–Crippen MR) is 55.0 cm³/mol. The van der Waals surface area contributed by atoms with Crippen molar-refractivity contribution in [2.75, 3.05) is 11.9 Å². The van der Waals surface area contributed by atoms with E-state index in [4.69, 9.17) is 5.11 Å². The summed E-state index contributed by atoms with van der Waals surface area (Å²) in [6, 6.07) is 1.55. The van der Waals surface area contributed by atoms with E-state index < -0.39 is 12.5 Å². The summed E-state index contributed by atoms with van der Waals surface area (Å²) >= 11 is 3.15. The van der Waals surface area contributed by atoms with E-state index in [1.165, 1.54) is 0 Å². The molecule has 2 N–H and O–H groups in total. The lowest BCUT2D eigenvalue weighted by molar-refractivity contribution is 0.00380. The number of alkyl halides is 2. The van der Waals surface area contributed by atoms with Crippen molar-refractivity contribution in [3.63, 3.8) is 0 Å². The van der Waals surface area contributed by atoms with E-state index in [0.29, 0.717) is 16.2 Å². The molecule has 1 atom stereocenters. The third-order valence-corrected chi connectivity index (χ3v) is 2.00. The summed E-state index contributed by atoms with van der Waals surface area (Å²) in [6.07, 6.45) is -4.46. The molecule has 0 saturated heterocycles. The minimum atomic E-state index is -2.76. The zero-order valence-corrected chi connectivity index (χ0v) is 9.50. The number of aliphatic hydroxyl groups is 1. The van der Waals surface area contributed by atoms with Crippen molar-refractivity contribution in [1.29, 1.82) is 0 Å². The second-order valence-corrected chi connectivity index (χ2v) is 3.72. The number of aryl methyl sites for hydroxylation is 1. The Morgan fingerprint density at radius 1 is 1.53 bits per heavy atom. The average Bonchev–Trinajstić information content (AvgIpc) is 2.12. The maximum absolute atomic E-state index is 12.0. The van der Waals surface area contributed by atoms with E-state index in [-0.39, 0.29) is 6.54 Å². The van der Waals surface area contributed by atoms with Crippen molar-refractivity contribution in [2.24, 2.45) is 0 Å². The van der Waals surface area contributed by atoms with Crippen LogP contribution in [0.2, 0.25) is 0 Å². The summed E-state index contributed by atoms with van der Waals surface area (Å²) in [6.45, 7) is 1.43. The molecule has 1 unspecified atom stereocenters. The van der Waals surface area contributed by atoms with Gasteiger partial charge in [0, 0.05) is 12.6 Å². The lowest BCUT2D eigenvalue weighted by atomic mass is 10.3. The molecule has 1 aromatic rings. The van der Waals surface area contributed by atoms with Gasteiger partial charge >= 0.3 is 0 Å². The number of nitrogens with zero attached hydrogens (tertiary/aromatic N) is 2. The van der Waals surface area contributed by atoms with Gasteiger partial charge in [-0.15, -0.1) is 0 Å². The van der Waals surface area contributed by atoms with Crippen molar-refractivity contribution in [1.82, 2.24) is 9.97 Å². The fraction of sp³-hybridized carbons (Fsp3) is 0.500. The van der Waals surface area contributed by atoms with Gasteiger partial charge in [-0.25, -0.2) is 18.7 Å². The molecule has 0 saturated carbocycles. The van der Waals surface area contributed by atoms with Crippen molar-refractivity contribution < 1.29 is 13.9 Å². The van der Waals surface area contributed by atoms with Crippen molar-refractivity contribution in [3.05, 3.63) is 16.5 Å². The Kier molecular flexibility index (Phi) is 4.34. The molecule has 0 aliphatic rings. The molecule has 1 heterocycles. The number of rotatable bonds is 4. The minimum absolute atomic E-state index is 0.249. The van der Waals surface area contributed by atoms with Gasteiger partial charge in [-0.3, -0.25) is 0 Å². The van der Waals surface area contributed by atoms with Gasteiger partial charge < -0.3 is 10.4 Å². The summed E-state index contributed by atoms with van der Waals surface area (Å²) in [5.74, 6) is 0.910. The number of nitrogens with one attached hydrogen (secondary N) is 1. The summed E-state index contributed by atoms with van der Waals surface area (Å²) in [4.78, 5) is 7.91. The first-order valence-electron chi connectivity index (χ1n) is 4.20. The lowest BCUT2D eigenvalue weighted by Crippen LogP contribution is -2.27. The van der Waals surface area contributed by atoms with Crippen molar-refractivity contribution >= 4 is 21.7 Å². The van der Waals surface area contributed by atoms with Crippen LogP contribution in [0.1, 0.15) is 5.82 Å². The van der Waals surface area contributed by atoms with Crippen LogP contribution in [0.4, 0.5) is 14.6 Å². The third-order valence-electron chi connectivity index (χ3n) is 1.59. The van der Waals surface area contributed by atoms with Crippen LogP contribution in [-0.4, -0.2) is 34.1 Å². The van der Waals surface area contributed by atoms with E-state index in [9.17, 15) is 8.78 Å². The summed E-state index contributed by atoms with van der Waals surface area (Å²) in [5, 5.41) is 11.5. The Bertz CT molecular complexity index is 317. The van der Waals surface area contributed by atoms with Gasteiger partial charge in [0.25, 0.3) is 6.43 Å². The number of aliphatic hydroxyl groups excluding tert-OH is 1. The first kappa shape index (κ1) is 12.3. The monoisotopic (exact) mass is 281 g/mol. The number of hydrogen-bond acceptors (Lipinski definition) is 4. The van der Waals surface area contributed by atoms with E-state index in [1.54, 1.807) is 13.0 Å². The normalized spacial score (nSPS) is 12.9. The minimum Gasteiger partial charge on any atom is -0.385 e. The topological polar surface area (TPSA) is 58.0 Å². The Morgan fingerprint density at radius 3 is 2.73 bits per heavy atom. The SMILES string of the molecule is Cc1nc(Br)cc(NCC(O)C(F)F)n1. The maximum atomic E-state index is 12.0. The Hall–Kier alpha value is -0.820. The van der Waals surface area contributed by atoms with Gasteiger partial charge in [0.05, 0.1) is 0 Å². The van der Waals surface area contributed by atoms with Crippen LogP contribution in [0.3, 0.4) is 0 Å². The smallest absolute Gasteiger partial charge is 0.265 e. The molecule has 1 rings (SSSR count). The molecule has 4 nitrogen and oxygen atoms in total. The third kappa shape index (κ3) is 4.05. The van der Waals surface area contributed by atoms with Crippen LogP contribution < -0.4 is 5.32 Å². The molecule has 0 aliphatic carbocycles. The summed E-state index contributed by atoms with van der Waals surface area (Å²) in [5.41, 5.74) is 0. The quantitative estimate of drug-likeness (QED) is 0.823. The molecule has 0 bridgehead atoms. The van der Waals surface area contributed by atoms with Crippen LogP contribution >= 0.6 is 15.9 Å². The van der Waals surface area contributed by atoms with Gasteiger partial charge in [-0.1, -0.05) is 0 Å².